The zero-order chi connectivity index (χ0) is 17.0. The fourth-order valence-electron chi connectivity index (χ4n) is 2.83. The zero-order valence-electron chi connectivity index (χ0n) is 13.8. The maximum absolute atomic E-state index is 12.3. The van der Waals surface area contributed by atoms with E-state index in [4.69, 9.17) is 4.74 Å². The monoisotopic (exact) mass is 349 g/mol. The molecule has 1 fully saturated rings. The molecular weight excluding hydrogens is 326 g/mol. The molecule has 2 aromatic rings. The van der Waals surface area contributed by atoms with E-state index in [9.17, 15) is 8.42 Å². The second-order valence-corrected chi connectivity index (χ2v) is 8.08. The number of aryl methyl sites for hydroxylation is 1. The number of ether oxygens (including phenoxy) is 1. The van der Waals surface area contributed by atoms with Crippen molar-refractivity contribution in [1.82, 2.24) is 9.78 Å². The summed E-state index contributed by atoms with van der Waals surface area (Å²) in [6.07, 6.45) is 5.36. The molecule has 0 amide bonds. The summed E-state index contributed by atoms with van der Waals surface area (Å²) in [4.78, 5) is 0. The van der Waals surface area contributed by atoms with Gasteiger partial charge in [0.1, 0.15) is 0 Å². The topological polar surface area (TPSA) is 73.2 Å². The lowest BCUT2D eigenvalue weighted by Crippen LogP contribution is -2.20. The average molecular weight is 349 g/mol. The van der Waals surface area contributed by atoms with Gasteiger partial charge in [0.05, 0.1) is 17.6 Å². The van der Waals surface area contributed by atoms with Crippen LogP contribution in [0.25, 0.3) is 0 Å². The fraction of sp³-hybridized carbons (Fsp3) is 0.471. The fourth-order valence-corrected chi connectivity index (χ4v) is 4.00. The number of anilines is 1. The van der Waals surface area contributed by atoms with Gasteiger partial charge in [-0.15, -0.1) is 0 Å². The van der Waals surface area contributed by atoms with E-state index in [0.717, 1.165) is 43.7 Å². The number of nitrogens with one attached hydrogen (secondary N) is 1. The van der Waals surface area contributed by atoms with Gasteiger partial charge in [-0.05, 0) is 31.2 Å². The Kier molecular flexibility index (Phi) is 5.20. The predicted octanol–water partition coefficient (Wildman–Crippen LogP) is 2.56. The van der Waals surface area contributed by atoms with Crippen molar-refractivity contribution < 1.29 is 13.2 Å². The Balaban J connectivity index is 1.59. The van der Waals surface area contributed by atoms with Crippen LogP contribution >= 0.6 is 0 Å². The Hall–Kier alpha value is -1.86. The van der Waals surface area contributed by atoms with Crippen molar-refractivity contribution in [1.29, 1.82) is 0 Å². The lowest BCUT2D eigenvalue weighted by molar-refractivity contribution is 0.0601. The highest BCUT2D eigenvalue weighted by molar-refractivity contribution is 7.91. The van der Waals surface area contributed by atoms with Crippen LogP contribution < -0.4 is 4.72 Å². The Morgan fingerprint density at radius 3 is 2.67 bits per heavy atom. The lowest BCUT2D eigenvalue weighted by atomic mass is 10.0. The molecule has 1 aliphatic rings. The first-order chi connectivity index (χ1) is 11.5. The summed E-state index contributed by atoms with van der Waals surface area (Å²) in [5.74, 6) is 0.494. The van der Waals surface area contributed by atoms with E-state index in [0.29, 0.717) is 11.6 Å². The second-order valence-electron chi connectivity index (χ2n) is 6.35. The highest BCUT2D eigenvalue weighted by Crippen LogP contribution is 2.18. The van der Waals surface area contributed by atoms with Crippen LogP contribution in [0.1, 0.15) is 24.0 Å². The van der Waals surface area contributed by atoms with E-state index in [2.05, 4.69) is 9.82 Å². The van der Waals surface area contributed by atoms with Gasteiger partial charge in [-0.2, -0.15) is 5.10 Å². The molecule has 6 nitrogen and oxygen atoms in total. The maximum Gasteiger partial charge on any atom is 0.237 e. The van der Waals surface area contributed by atoms with Gasteiger partial charge in [-0.3, -0.25) is 9.40 Å². The van der Waals surface area contributed by atoms with Crippen molar-refractivity contribution in [3.8, 4) is 0 Å². The van der Waals surface area contributed by atoms with E-state index in [1.54, 1.807) is 17.1 Å². The molecule has 0 atom stereocenters. The first-order valence-corrected chi connectivity index (χ1v) is 9.82. The van der Waals surface area contributed by atoms with Gasteiger partial charge in [0.2, 0.25) is 10.0 Å². The molecule has 1 saturated heterocycles. The number of nitrogens with zero attached hydrogens (tertiary/aromatic N) is 2. The molecule has 130 valence electrons. The lowest BCUT2D eigenvalue weighted by Gasteiger charge is -2.21. The molecule has 7 heteroatoms. The number of hydrogen-bond donors (Lipinski definition) is 1. The van der Waals surface area contributed by atoms with Crippen LogP contribution in [0.2, 0.25) is 0 Å². The van der Waals surface area contributed by atoms with Gasteiger partial charge >= 0.3 is 0 Å². The Labute approximate surface area is 142 Å². The first kappa shape index (κ1) is 17.0. The SMILES string of the molecule is Cc1ccc(CS(=O)(=O)Nc2cnn(CC3CCOCC3)c2)cc1. The number of hydrogen-bond acceptors (Lipinski definition) is 4. The predicted molar refractivity (Wildman–Crippen MR) is 93.2 cm³/mol. The van der Waals surface area contributed by atoms with Crippen LogP contribution in [0.15, 0.2) is 36.7 Å². The Bertz CT molecular complexity index is 763. The molecule has 0 unspecified atom stereocenters. The molecule has 24 heavy (non-hydrogen) atoms. The minimum atomic E-state index is -3.44. The molecule has 1 aliphatic heterocycles. The quantitative estimate of drug-likeness (QED) is 0.870. The summed E-state index contributed by atoms with van der Waals surface area (Å²) in [5, 5.41) is 4.26. The van der Waals surface area contributed by atoms with E-state index in [-0.39, 0.29) is 5.75 Å². The van der Waals surface area contributed by atoms with Crippen LogP contribution in [0.4, 0.5) is 5.69 Å². The molecule has 0 bridgehead atoms. The number of aromatic nitrogens is 2. The van der Waals surface area contributed by atoms with E-state index >= 15 is 0 Å². The van der Waals surface area contributed by atoms with Crippen LogP contribution in [-0.2, 0) is 27.1 Å². The normalized spacial score (nSPS) is 16.2. The Morgan fingerprint density at radius 2 is 1.96 bits per heavy atom. The minimum absolute atomic E-state index is 0.0432. The summed E-state index contributed by atoms with van der Waals surface area (Å²) in [6, 6.07) is 7.50. The summed E-state index contributed by atoms with van der Waals surface area (Å²) in [5.41, 5.74) is 2.38. The largest absolute Gasteiger partial charge is 0.381 e. The first-order valence-electron chi connectivity index (χ1n) is 8.16. The third-order valence-corrected chi connectivity index (χ3v) is 5.43. The summed E-state index contributed by atoms with van der Waals surface area (Å²) >= 11 is 0. The number of sulfonamides is 1. The molecule has 0 radical (unpaired) electrons. The van der Waals surface area contributed by atoms with Crippen molar-refractivity contribution in [3.63, 3.8) is 0 Å². The molecule has 3 rings (SSSR count). The van der Waals surface area contributed by atoms with Crippen LogP contribution in [0, 0.1) is 12.8 Å². The van der Waals surface area contributed by atoms with Gasteiger partial charge in [0.15, 0.2) is 0 Å². The molecule has 2 heterocycles. The highest BCUT2D eigenvalue weighted by atomic mass is 32.2. The molecule has 0 aliphatic carbocycles. The van der Waals surface area contributed by atoms with E-state index < -0.39 is 10.0 Å². The molecule has 1 N–H and O–H groups in total. The summed E-state index contributed by atoms with van der Waals surface area (Å²) in [6.45, 7) is 4.36. The van der Waals surface area contributed by atoms with Crippen molar-refractivity contribution in [2.24, 2.45) is 5.92 Å². The van der Waals surface area contributed by atoms with Gasteiger partial charge in [0.25, 0.3) is 0 Å². The van der Waals surface area contributed by atoms with Crippen molar-refractivity contribution in [2.45, 2.75) is 32.1 Å². The van der Waals surface area contributed by atoms with Gasteiger partial charge in [-0.25, -0.2) is 8.42 Å². The van der Waals surface area contributed by atoms with Crippen LogP contribution in [0.3, 0.4) is 0 Å². The van der Waals surface area contributed by atoms with E-state index in [1.807, 2.05) is 31.2 Å². The summed E-state index contributed by atoms with van der Waals surface area (Å²) in [7, 11) is -3.44. The smallest absolute Gasteiger partial charge is 0.237 e. The molecule has 1 aromatic carbocycles. The number of rotatable bonds is 6. The standard InChI is InChI=1S/C17H23N3O3S/c1-14-2-4-16(5-3-14)13-24(21,22)19-17-10-18-20(12-17)11-15-6-8-23-9-7-15/h2-5,10,12,15,19H,6-9,11,13H2,1H3. The third kappa shape index (κ3) is 4.82. The van der Waals surface area contributed by atoms with Gasteiger partial charge in [0, 0.05) is 26.0 Å². The van der Waals surface area contributed by atoms with Crippen LogP contribution in [-0.4, -0.2) is 31.4 Å². The summed E-state index contributed by atoms with van der Waals surface area (Å²) < 4.78 is 34.3. The highest BCUT2D eigenvalue weighted by Gasteiger charge is 2.16. The molecule has 1 aromatic heterocycles. The molecular formula is C17H23N3O3S. The average Bonchev–Trinajstić information content (AvgIpc) is 2.96. The Morgan fingerprint density at radius 1 is 1.25 bits per heavy atom. The number of benzene rings is 1. The van der Waals surface area contributed by atoms with Crippen molar-refractivity contribution in [2.75, 3.05) is 17.9 Å². The third-order valence-electron chi connectivity index (χ3n) is 4.17. The maximum atomic E-state index is 12.3. The van der Waals surface area contributed by atoms with Crippen molar-refractivity contribution >= 4 is 15.7 Å². The van der Waals surface area contributed by atoms with Crippen molar-refractivity contribution in [3.05, 3.63) is 47.8 Å². The van der Waals surface area contributed by atoms with Gasteiger partial charge < -0.3 is 4.74 Å². The zero-order valence-corrected chi connectivity index (χ0v) is 14.6. The minimum Gasteiger partial charge on any atom is -0.381 e. The molecule has 0 saturated carbocycles. The van der Waals surface area contributed by atoms with Gasteiger partial charge in [-0.1, -0.05) is 29.8 Å². The second kappa shape index (κ2) is 7.36. The van der Waals surface area contributed by atoms with E-state index in [1.165, 1.54) is 0 Å². The molecule has 0 spiro atoms. The van der Waals surface area contributed by atoms with Crippen LogP contribution in [0.5, 0.6) is 0 Å².